The van der Waals surface area contributed by atoms with Crippen molar-refractivity contribution in [2.75, 3.05) is 19.6 Å². The molecule has 2 atom stereocenters. The Labute approximate surface area is 120 Å². The predicted octanol–water partition coefficient (Wildman–Crippen LogP) is 2.34. The second-order valence-electron chi connectivity index (χ2n) is 5.78. The molecule has 1 aromatic carbocycles. The fourth-order valence-corrected chi connectivity index (χ4v) is 2.84. The van der Waals surface area contributed by atoms with Gasteiger partial charge in [-0.2, -0.15) is 0 Å². The van der Waals surface area contributed by atoms with E-state index in [9.17, 15) is 14.6 Å². The Kier molecular flexibility index (Phi) is 5.52. The van der Waals surface area contributed by atoms with E-state index in [1.54, 1.807) is 12.1 Å². The summed E-state index contributed by atoms with van der Waals surface area (Å²) in [5, 5.41) is 19.6. The SMILES string of the molecule is CC(O)C1CCN(CCC(O)c2cccc(F)c2)CC1. The van der Waals surface area contributed by atoms with Gasteiger partial charge in [0.15, 0.2) is 0 Å². The number of hydrogen-bond donors (Lipinski definition) is 2. The molecule has 3 nitrogen and oxygen atoms in total. The maximum Gasteiger partial charge on any atom is 0.123 e. The zero-order valence-corrected chi connectivity index (χ0v) is 12.0. The first kappa shape index (κ1) is 15.4. The molecule has 112 valence electrons. The Hall–Kier alpha value is -0.970. The first-order chi connectivity index (χ1) is 9.56. The summed E-state index contributed by atoms with van der Waals surface area (Å²) < 4.78 is 13.1. The third kappa shape index (κ3) is 4.27. The van der Waals surface area contributed by atoms with Crippen LogP contribution in [0.25, 0.3) is 0 Å². The molecule has 20 heavy (non-hydrogen) atoms. The lowest BCUT2D eigenvalue weighted by Crippen LogP contribution is -2.37. The second-order valence-corrected chi connectivity index (χ2v) is 5.78. The van der Waals surface area contributed by atoms with Crippen LogP contribution in [0.4, 0.5) is 4.39 Å². The van der Waals surface area contributed by atoms with E-state index in [0.717, 1.165) is 32.5 Å². The van der Waals surface area contributed by atoms with E-state index in [2.05, 4.69) is 4.90 Å². The Morgan fingerprint density at radius 2 is 2.00 bits per heavy atom. The standard InChI is InChI=1S/C16H24FNO2/c1-12(19)13-5-8-18(9-6-13)10-7-16(20)14-3-2-4-15(17)11-14/h2-4,11-13,16,19-20H,5-10H2,1H3. The van der Waals surface area contributed by atoms with Crippen LogP contribution < -0.4 is 0 Å². The molecule has 0 saturated carbocycles. The highest BCUT2D eigenvalue weighted by Gasteiger charge is 2.22. The molecule has 1 saturated heterocycles. The summed E-state index contributed by atoms with van der Waals surface area (Å²) in [6.07, 6.45) is 1.79. The molecular weight excluding hydrogens is 257 g/mol. The van der Waals surface area contributed by atoms with Crippen LogP contribution >= 0.6 is 0 Å². The Balaban J connectivity index is 1.76. The van der Waals surface area contributed by atoms with Gasteiger partial charge in [-0.05, 0) is 62.9 Å². The van der Waals surface area contributed by atoms with Gasteiger partial charge >= 0.3 is 0 Å². The summed E-state index contributed by atoms with van der Waals surface area (Å²) in [6, 6.07) is 6.16. The summed E-state index contributed by atoms with van der Waals surface area (Å²) in [4.78, 5) is 2.31. The first-order valence-corrected chi connectivity index (χ1v) is 7.40. The van der Waals surface area contributed by atoms with E-state index in [0.29, 0.717) is 17.9 Å². The van der Waals surface area contributed by atoms with Crippen LogP contribution in [0, 0.1) is 11.7 Å². The van der Waals surface area contributed by atoms with Crippen LogP contribution in [0.5, 0.6) is 0 Å². The van der Waals surface area contributed by atoms with E-state index < -0.39 is 6.10 Å². The van der Waals surface area contributed by atoms with Crippen LogP contribution in [-0.4, -0.2) is 40.9 Å². The second kappa shape index (κ2) is 7.16. The number of hydrogen-bond acceptors (Lipinski definition) is 3. The number of halogens is 1. The van der Waals surface area contributed by atoms with Crippen molar-refractivity contribution in [1.29, 1.82) is 0 Å². The summed E-state index contributed by atoms with van der Waals surface area (Å²) in [6.45, 7) is 4.59. The molecular formula is C16H24FNO2. The predicted molar refractivity (Wildman–Crippen MR) is 76.8 cm³/mol. The molecule has 0 aromatic heterocycles. The van der Waals surface area contributed by atoms with Crippen molar-refractivity contribution in [2.24, 2.45) is 5.92 Å². The number of rotatable bonds is 5. The monoisotopic (exact) mass is 281 g/mol. The minimum Gasteiger partial charge on any atom is -0.393 e. The molecule has 1 fully saturated rings. The van der Waals surface area contributed by atoms with E-state index in [4.69, 9.17) is 0 Å². The largest absolute Gasteiger partial charge is 0.393 e. The van der Waals surface area contributed by atoms with Crippen molar-refractivity contribution in [1.82, 2.24) is 4.90 Å². The number of nitrogens with zero attached hydrogens (tertiary/aromatic N) is 1. The van der Waals surface area contributed by atoms with Gasteiger partial charge in [0.2, 0.25) is 0 Å². The zero-order valence-electron chi connectivity index (χ0n) is 12.0. The van der Waals surface area contributed by atoms with Crippen molar-refractivity contribution >= 4 is 0 Å². The minimum absolute atomic E-state index is 0.227. The van der Waals surface area contributed by atoms with Gasteiger partial charge in [0.05, 0.1) is 12.2 Å². The van der Waals surface area contributed by atoms with Crippen molar-refractivity contribution in [3.8, 4) is 0 Å². The van der Waals surface area contributed by atoms with Crippen molar-refractivity contribution in [3.05, 3.63) is 35.6 Å². The van der Waals surface area contributed by atoms with Gasteiger partial charge in [-0.1, -0.05) is 12.1 Å². The van der Waals surface area contributed by atoms with Gasteiger partial charge < -0.3 is 15.1 Å². The van der Waals surface area contributed by atoms with Crippen LogP contribution in [0.3, 0.4) is 0 Å². The summed E-state index contributed by atoms with van der Waals surface area (Å²) in [5.41, 5.74) is 0.642. The fourth-order valence-electron chi connectivity index (χ4n) is 2.84. The highest BCUT2D eigenvalue weighted by molar-refractivity contribution is 5.18. The number of aliphatic hydroxyl groups is 2. The topological polar surface area (TPSA) is 43.7 Å². The van der Waals surface area contributed by atoms with Crippen LogP contribution in [0.2, 0.25) is 0 Å². The normalized spacial score (nSPS) is 20.8. The maximum atomic E-state index is 13.1. The summed E-state index contributed by atoms with van der Waals surface area (Å²) in [7, 11) is 0. The quantitative estimate of drug-likeness (QED) is 0.870. The van der Waals surface area contributed by atoms with Gasteiger partial charge in [0.1, 0.15) is 5.82 Å². The van der Waals surface area contributed by atoms with Crippen molar-refractivity contribution in [3.63, 3.8) is 0 Å². The molecule has 1 aromatic rings. The smallest absolute Gasteiger partial charge is 0.123 e. The Morgan fingerprint density at radius 3 is 2.60 bits per heavy atom. The van der Waals surface area contributed by atoms with E-state index in [-0.39, 0.29) is 11.9 Å². The van der Waals surface area contributed by atoms with E-state index in [1.807, 2.05) is 6.92 Å². The molecule has 0 bridgehead atoms. The molecule has 0 radical (unpaired) electrons. The Morgan fingerprint density at radius 1 is 1.30 bits per heavy atom. The number of aliphatic hydroxyl groups excluding tert-OH is 2. The molecule has 2 unspecified atom stereocenters. The highest BCUT2D eigenvalue weighted by atomic mass is 19.1. The van der Waals surface area contributed by atoms with Gasteiger partial charge in [0.25, 0.3) is 0 Å². The lowest BCUT2D eigenvalue weighted by Gasteiger charge is -2.33. The van der Waals surface area contributed by atoms with Crippen LogP contribution in [-0.2, 0) is 0 Å². The third-order valence-corrected chi connectivity index (χ3v) is 4.27. The van der Waals surface area contributed by atoms with E-state index >= 15 is 0 Å². The summed E-state index contributed by atoms with van der Waals surface area (Å²) >= 11 is 0. The van der Waals surface area contributed by atoms with E-state index in [1.165, 1.54) is 12.1 Å². The lowest BCUT2D eigenvalue weighted by molar-refractivity contribution is 0.0641. The molecule has 0 aliphatic carbocycles. The average molecular weight is 281 g/mol. The Bertz CT molecular complexity index is 417. The molecule has 1 aliphatic heterocycles. The van der Waals surface area contributed by atoms with Gasteiger partial charge in [0, 0.05) is 6.54 Å². The number of likely N-dealkylation sites (tertiary alicyclic amines) is 1. The third-order valence-electron chi connectivity index (χ3n) is 4.27. The number of benzene rings is 1. The highest BCUT2D eigenvalue weighted by Crippen LogP contribution is 2.22. The van der Waals surface area contributed by atoms with Gasteiger partial charge in [-0.3, -0.25) is 0 Å². The molecule has 4 heteroatoms. The lowest BCUT2D eigenvalue weighted by atomic mass is 9.92. The minimum atomic E-state index is -0.611. The summed E-state index contributed by atoms with van der Waals surface area (Å²) in [5.74, 6) is 0.0960. The maximum absolute atomic E-state index is 13.1. The van der Waals surface area contributed by atoms with Crippen molar-refractivity contribution in [2.45, 2.75) is 38.4 Å². The van der Waals surface area contributed by atoms with Crippen LogP contribution in [0.15, 0.2) is 24.3 Å². The van der Waals surface area contributed by atoms with Gasteiger partial charge in [-0.15, -0.1) is 0 Å². The molecule has 1 heterocycles. The molecule has 2 rings (SSSR count). The molecule has 1 aliphatic rings. The van der Waals surface area contributed by atoms with Crippen LogP contribution in [0.1, 0.15) is 37.9 Å². The molecule has 0 spiro atoms. The average Bonchev–Trinajstić information content (AvgIpc) is 2.45. The van der Waals surface area contributed by atoms with Gasteiger partial charge in [-0.25, -0.2) is 4.39 Å². The molecule has 0 amide bonds. The fraction of sp³-hybridized carbons (Fsp3) is 0.625. The number of piperidine rings is 1. The first-order valence-electron chi connectivity index (χ1n) is 7.40. The molecule has 2 N–H and O–H groups in total. The van der Waals surface area contributed by atoms with Crippen molar-refractivity contribution < 1.29 is 14.6 Å². The zero-order chi connectivity index (χ0) is 14.5.